The van der Waals surface area contributed by atoms with Gasteiger partial charge in [0.15, 0.2) is 0 Å². The SMILES string of the molecule is O=C1C2CC=C3C(CC4C(=O)N(Nc5ccc(F)cc5)C(=O)C4(c4ccc(Cl)cc4)C3c3cccc(O)c3)C2C(=O)N1Cc1ccccc1. The number of hydrazine groups is 1. The summed E-state index contributed by atoms with van der Waals surface area (Å²) < 4.78 is 13.8. The van der Waals surface area contributed by atoms with E-state index in [2.05, 4.69) is 5.43 Å². The van der Waals surface area contributed by atoms with Crippen molar-refractivity contribution in [1.29, 1.82) is 0 Å². The van der Waals surface area contributed by atoms with Crippen LogP contribution < -0.4 is 5.43 Å². The molecule has 0 radical (unpaired) electrons. The lowest BCUT2D eigenvalue weighted by atomic mass is 9.49. The molecule has 10 heteroatoms. The average Bonchev–Trinajstić information content (AvgIpc) is 3.47. The van der Waals surface area contributed by atoms with Crippen molar-refractivity contribution in [1.82, 2.24) is 9.91 Å². The van der Waals surface area contributed by atoms with Gasteiger partial charge in [0.2, 0.25) is 11.8 Å². The highest BCUT2D eigenvalue weighted by atomic mass is 35.5. The van der Waals surface area contributed by atoms with Crippen molar-refractivity contribution >= 4 is 40.9 Å². The van der Waals surface area contributed by atoms with Crippen molar-refractivity contribution in [2.24, 2.45) is 23.7 Å². The van der Waals surface area contributed by atoms with Gasteiger partial charge in [0.25, 0.3) is 11.8 Å². The largest absolute Gasteiger partial charge is 0.508 e. The number of carbonyl (C=O) groups excluding carboxylic acids is 4. The van der Waals surface area contributed by atoms with E-state index in [1.165, 1.54) is 35.2 Å². The molecule has 2 N–H and O–H groups in total. The molecule has 6 atom stereocenters. The van der Waals surface area contributed by atoms with Crippen LogP contribution in [0.3, 0.4) is 0 Å². The Labute approximate surface area is 286 Å². The summed E-state index contributed by atoms with van der Waals surface area (Å²) in [7, 11) is 0. The molecule has 1 saturated carbocycles. The van der Waals surface area contributed by atoms with Crippen LogP contribution in [0.5, 0.6) is 5.75 Å². The van der Waals surface area contributed by atoms with Gasteiger partial charge in [-0.15, -0.1) is 0 Å². The third kappa shape index (κ3) is 4.78. The van der Waals surface area contributed by atoms with Crippen molar-refractivity contribution < 1.29 is 28.7 Å². The van der Waals surface area contributed by atoms with E-state index in [9.17, 15) is 23.9 Å². The zero-order chi connectivity index (χ0) is 34.0. The zero-order valence-electron chi connectivity index (χ0n) is 26.1. The molecule has 6 unspecified atom stereocenters. The first-order chi connectivity index (χ1) is 23.7. The number of fused-ring (bicyclic) bond motifs is 4. The van der Waals surface area contributed by atoms with Gasteiger partial charge in [-0.3, -0.25) is 29.5 Å². The van der Waals surface area contributed by atoms with E-state index in [0.29, 0.717) is 28.3 Å². The number of hydrogen-bond acceptors (Lipinski definition) is 6. The first kappa shape index (κ1) is 31.0. The Hall–Kier alpha value is -5.28. The number of anilines is 1. The lowest BCUT2D eigenvalue weighted by Crippen LogP contribution is -2.53. The number of allylic oxidation sites excluding steroid dienone is 2. The number of halogens is 2. The number of carbonyl (C=O) groups is 4. The molecule has 2 saturated heterocycles. The van der Waals surface area contributed by atoms with Gasteiger partial charge >= 0.3 is 0 Å². The van der Waals surface area contributed by atoms with Gasteiger partial charge in [-0.1, -0.05) is 77.8 Å². The fourth-order valence-electron chi connectivity index (χ4n) is 8.72. The maximum absolute atomic E-state index is 15.1. The average molecular weight is 676 g/mol. The van der Waals surface area contributed by atoms with Gasteiger partial charge in [-0.25, -0.2) is 4.39 Å². The zero-order valence-corrected chi connectivity index (χ0v) is 26.9. The van der Waals surface area contributed by atoms with Crippen molar-refractivity contribution in [2.75, 3.05) is 5.43 Å². The molecule has 4 amide bonds. The Morgan fingerprint density at radius 2 is 1.57 bits per heavy atom. The van der Waals surface area contributed by atoms with Crippen LogP contribution in [0.15, 0.2) is 115 Å². The van der Waals surface area contributed by atoms with E-state index in [1.54, 1.807) is 36.4 Å². The summed E-state index contributed by atoms with van der Waals surface area (Å²) in [4.78, 5) is 59.2. The van der Waals surface area contributed by atoms with Crippen molar-refractivity contribution in [3.05, 3.63) is 142 Å². The van der Waals surface area contributed by atoms with Crippen LogP contribution in [0, 0.1) is 29.5 Å². The van der Waals surface area contributed by atoms with Crippen LogP contribution in [0.2, 0.25) is 5.02 Å². The van der Waals surface area contributed by atoms with E-state index >= 15 is 4.79 Å². The lowest BCUT2D eigenvalue weighted by molar-refractivity contribution is -0.142. The summed E-state index contributed by atoms with van der Waals surface area (Å²) in [6.45, 7) is 0.147. The van der Waals surface area contributed by atoms with E-state index in [4.69, 9.17) is 11.6 Å². The maximum Gasteiger partial charge on any atom is 0.260 e. The van der Waals surface area contributed by atoms with Gasteiger partial charge in [-0.2, -0.15) is 5.01 Å². The van der Waals surface area contributed by atoms with Crippen LogP contribution >= 0.6 is 11.6 Å². The summed E-state index contributed by atoms with van der Waals surface area (Å²) in [5.41, 5.74) is 4.53. The van der Waals surface area contributed by atoms with E-state index in [1.807, 2.05) is 42.5 Å². The van der Waals surface area contributed by atoms with Crippen LogP contribution in [0.1, 0.15) is 35.4 Å². The Kier molecular flexibility index (Phi) is 7.41. The summed E-state index contributed by atoms with van der Waals surface area (Å²) in [6.07, 6.45) is 2.40. The van der Waals surface area contributed by atoms with Crippen LogP contribution in [-0.4, -0.2) is 38.6 Å². The molecule has 4 aromatic rings. The number of nitrogens with zero attached hydrogens (tertiary/aromatic N) is 2. The summed E-state index contributed by atoms with van der Waals surface area (Å²) >= 11 is 6.33. The number of rotatable bonds is 6. The first-order valence-corrected chi connectivity index (χ1v) is 16.6. The summed E-state index contributed by atoms with van der Waals surface area (Å²) in [5, 5.41) is 12.2. The second-order valence-corrected chi connectivity index (χ2v) is 13.7. The van der Waals surface area contributed by atoms with E-state index < -0.39 is 52.6 Å². The lowest BCUT2D eigenvalue weighted by Gasteiger charge is -2.50. The van der Waals surface area contributed by atoms with Gasteiger partial charge in [0.05, 0.1) is 35.4 Å². The second kappa shape index (κ2) is 11.7. The third-order valence-electron chi connectivity index (χ3n) is 10.7. The topological polar surface area (TPSA) is 107 Å². The van der Waals surface area contributed by atoms with Crippen molar-refractivity contribution in [3.8, 4) is 5.75 Å². The van der Waals surface area contributed by atoms with Gasteiger partial charge < -0.3 is 5.11 Å². The molecule has 0 aromatic heterocycles. The maximum atomic E-state index is 15.1. The molecule has 8 nitrogen and oxygen atoms in total. The Bertz CT molecular complexity index is 2040. The second-order valence-electron chi connectivity index (χ2n) is 13.2. The fraction of sp³-hybridized carbons (Fsp3) is 0.231. The Morgan fingerprint density at radius 3 is 2.29 bits per heavy atom. The smallest absolute Gasteiger partial charge is 0.260 e. The molecule has 246 valence electrons. The molecule has 49 heavy (non-hydrogen) atoms. The molecule has 2 aliphatic carbocycles. The van der Waals surface area contributed by atoms with Crippen LogP contribution in [0.4, 0.5) is 10.1 Å². The van der Waals surface area contributed by atoms with Crippen molar-refractivity contribution in [3.63, 3.8) is 0 Å². The third-order valence-corrected chi connectivity index (χ3v) is 11.0. The number of benzene rings is 4. The number of likely N-dealkylation sites (tertiary alicyclic amines) is 1. The number of imide groups is 2. The van der Waals surface area contributed by atoms with Gasteiger partial charge in [0.1, 0.15) is 11.6 Å². The minimum absolute atomic E-state index is 0.0176. The van der Waals surface area contributed by atoms with Crippen molar-refractivity contribution in [2.45, 2.75) is 30.7 Å². The molecule has 2 aliphatic heterocycles. The highest BCUT2D eigenvalue weighted by Gasteiger charge is 2.70. The Balaban J connectivity index is 1.29. The summed E-state index contributed by atoms with van der Waals surface area (Å²) in [5.74, 6) is -5.65. The summed E-state index contributed by atoms with van der Waals surface area (Å²) in [6, 6.07) is 28.1. The molecule has 4 aliphatic rings. The quantitative estimate of drug-likeness (QED) is 0.182. The number of aromatic hydroxyl groups is 1. The molecule has 3 fully saturated rings. The predicted octanol–water partition coefficient (Wildman–Crippen LogP) is 6.37. The molecule has 4 aromatic carbocycles. The molecule has 2 heterocycles. The van der Waals surface area contributed by atoms with Gasteiger partial charge in [-0.05, 0) is 84.0 Å². The highest BCUT2D eigenvalue weighted by Crippen LogP contribution is 2.64. The van der Waals surface area contributed by atoms with Crippen LogP contribution in [-0.2, 0) is 31.1 Å². The highest BCUT2D eigenvalue weighted by molar-refractivity contribution is 6.30. The number of amides is 4. The van der Waals surface area contributed by atoms with Gasteiger partial charge in [0, 0.05) is 10.9 Å². The molecular weight excluding hydrogens is 645 g/mol. The standard InChI is InChI=1S/C39H31ClFN3O5/c40-25-11-9-24(10-12-25)39-32(36(47)44(38(39)49)42-27-15-13-26(41)14-16-27)20-31-29(34(39)23-7-4-8-28(45)19-23)17-18-30-33(31)37(48)43(35(30)46)21-22-5-2-1-3-6-22/h1-17,19,30-34,42,45H,18,20-21H2. The minimum Gasteiger partial charge on any atom is -0.508 e. The molecule has 8 rings (SSSR count). The number of hydrogen-bond donors (Lipinski definition) is 2. The first-order valence-electron chi connectivity index (χ1n) is 16.2. The number of phenolic OH excluding ortho intramolecular Hbond substituents is 1. The fourth-order valence-corrected chi connectivity index (χ4v) is 8.85. The van der Waals surface area contributed by atoms with E-state index in [0.717, 1.165) is 16.1 Å². The minimum atomic E-state index is -1.51. The molecule has 0 spiro atoms. The molecule has 0 bridgehead atoms. The number of phenols is 1. The van der Waals surface area contributed by atoms with Crippen LogP contribution in [0.25, 0.3) is 0 Å². The number of nitrogens with one attached hydrogen (secondary N) is 1. The molecular formula is C39H31ClFN3O5. The van der Waals surface area contributed by atoms with E-state index in [-0.39, 0.29) is 30.5 Å². The monoisotopic (exact) mass is 675 g/mol. The normalized spacial score (nSPS) is 27.5. The predicted molar refractivity (Wildman–Crippen MR) is 179 cm³/mol. The Morgan fingerprint density at radius 1 is 0.837 bits per heavy atom.